The second-order valence-corrected chi connectivity index (χ2v) is 6.95. The minimum absolute atomic E-state index is 0.0544. The van der Waals surface area contributed by atoms with Crippen LogP contribution in [0.25, 0.3) is 0 Å². The van der Waals surface area contributed by atoms with Crippen molar-refractivity contribution in [2.75, 3.05) is 0 Å². The average Bonchev–Trinajstić information content (AvgIpc) is 2.98. The summed E-state index contributed by atoms with van der Waals surface area (Å²) in [4.78, 5) is 24.9. The highest BCUT2D eigenvalue weighted by Gasteiger charge is 2.46. The van der Waals surface area contributed by atoms with Crippen molar-refractivity contribution >= 4 is 23.5 Å². The van der Waals surface area contributed by atoms with Gasteiger partial charge in [0.15, 0.2) is 6.10 Å². The van der Waals surface area contributed by atoms with E-state index in [-0.39, 0.29) is 11.3 Å². The van der Waals surface area contributed by atoms with Crippen molar-refractivity contribution in [3.05, 3.63) is 71.8 Å². The van der Waals surface area contributed by atoms with Crippen LogP contribution in [-0.2, 0) is 9.47 Å². The van der Waals surface area contributed by atoms with Gasteiger partial charge in [-0.1, -0.05) is 43.3 Å². The van der Waals surface area contributed by atoms with Gasteiger partial charge in [0, 0.05) is 5.92 Å². The van der Waals surface area contributed by atoms with Gasteiger partial charge in [-0.2, -0.15) is 0 Å². The van der Waals surface area contributed by atoms with Crippen LogP contribution < -0.4 is 0 Å². The van der Waals surface area contributed by atoms with E-state index in [1.807, 2.05) is 19.1 Å². The van der Waals surface area contributed by atoms with Crippen molar-refractivity contribution in [3.8, 4) is 0 Å². The van der Waals surface area contributed by atoms with Gasteiger partial charge in [0.05, 0.1) is 16.5 Å². The Balaban J connectivity index is 1.76. The minimum atomic E-state index is -0.665. The number of halogens is 1. The van der Waals surface area contributed by atoms with Crippen molar-refractivity contribution in [1.82, 2.24) is 0 Å². The lowest BCUT2D eigenvalue weighted by Crippen LogP contribution is -2.37. The van der Waals surface area contributed by atoms with E-state index >= 15 is 0 Å². The van der Waals surface area contributed by atoms with E-state index in [9.17, 15) is 9.59 Å². The average molecular weight is 373 g/mol. The molecule has 1 unspecified atom stereocenters. The number of rotatable bonds is 5. The van der Waals surface area contributed by atoms with Crippen molar-refractivity contribution < 1.29 is 19.1 Å². The molecule has 0 heterocycles. The van der Waals surface area contributed by atoms with Gasteiger partial charge in [0.25, 0.3) is 0 Å². The van der Waals surface area contributed by atoms with Gasteiger partial charge >= 0.3 is 11.9 Å². The molecular weight excluding hydrogens is 352 g/mol. The van der Waals surface area contributed by atoms with E-state index in [4.69, 9.17) is 21.1 Å². The van der Waals surface area contributed by atoms with Gasteiger partial charge in [0.2, 0.25) is 0 Å². The van der Waals surface area contributed by atoms with Gasteiger partial charge in [-0.15, -0.1) is 11.6 Å². The summed E-state index contributed by atoms with van der Waals surface area (Å²) in [5.74, 6) is -0.835. The lowest BCUT2D eigenvalue weighted by molar-refractivity contribution is -0.0348. The fourth-order valence-corrected chi connectivity index (χ4v) is 3.69. The standard InChI is InChI=1S/C21H21ClO4/c1-2-14-13-17(22)19(26-21(24)16-11-7-4-8-12-16)18(14)25-20(23)15-9-5-3-6-10-15/h3-12,14,17-19H,2,13H2,1H3/t14-,17+,18-,19?/m0/s1. The molecule has 0 aromatic heterocycles. The molecule has 0 amide bonds. The SMILES string of the molecule is CC[C@H]1C[C@@H](Cl)C(OC(=O)c2ccccc2)[C@H]1OC(=O)c1ccccc1. The number of hydrogen-bond acceptors (Lipinski definition) is 4. The van der Waals surface area contributed by atoms with Gasteiger partial charge in [-0.3, -0.25) is 0 Å². The van der Waals surface area contributed by atoms with Gasteiger partial charge < -0.3 is 9.47 Å². The number of benzene rings is 2. The molecule has 1 fully saturated rings. The fourth-order valence-electron chi connectivity index (χ4n) is 3.27. The first-order valence-corrected chi connectivity index (χ1v) is 9.20. The van der Waals surface area contributed by atoms with E-state index in [0.29, 0.717) is 17.5 Å². The summed E-state index contributed by atoms with van der Waals surface area (Å²) < 4.78 is 11.4. The Kier molecular flexibility index (Phi) is 5.94. The molecule has 0 radical (unpaired) electrons. The molecule has 1 saturated carbocycles. The Morgan fingerprint density at radius 3 is 1.81 bits per heavy atom. The summed E-state index contributed by atoms with van der Waals surface area (Å²) in [6, 6.07) is 17.5. The topological polar surface area (TPSA) is 52.6 Å². The van der Waals surface area contributed by atoms with Crippen molar-refractivity contribution in [1.29, 1.82) is 0 Å². The third-order valence-electron chi connectivity index (χ3n) is 4.70. The number of esters is 2. The summed E-state index contributed by atoms with van der Waals surface area (Å²) in [5.41, 5.74) is 0.915. The van der Waals surface area contributed by atoms with E-state index in [2.05, 4.69) is 0 Å². The van der Waals surface area contributed by atoms with E-state index in [0.717, 1.165) is 6.42 Å². The van der Waals surface area contributed by atoms with Crippen LogP contribution in [0.1, 0.15) is 40.5 Å². The molecule has 0 saturated heterocycles. The third kappa shape index (κ3) is 4.07. The maximum atomic E-state index is 12.5. The largest absolute Gasteiger partial charge is 0.454 e. The molecule has 1 aliphatic rings. The second-order valence-electron chi connectivity index (χ2n) is 6.39. The van der Waals surface area contributed by atoms with E-state index in [1.54, 1.807) is 48.5 Å². The first kappa shape index (κ1) is 18.5. The third-order valence-corrected chi connectivity index (χ3v) is 5.13. The Morgan fingerprint density at radius 2 is 1.35 bits per heavy atom. The first-order chi connectivity index (χ1) is 12.6. The van der Waals surface area contributed by atoms with Crippen LogP contribution in [-0.4, -0.2) is 29.5 Å². The zero-order valence-corrected chi connectivity index (χ0v) is 15.3. The zero-order chi connectivity index (χ0) is 18.5. The molecule has 4 nitrogen and oxygen atoms in total. The van der Waals surface area contributed by atoms with Crippen molar-refractivity contribution in [2.45, 2.75) is 37.4 Å². The van der Waals surface area contributed by atoms with Crippen molar-refractivity contribution in [3.63, 3.8) is 0 Å². The van der Waals surface area contributed by atoms with Crippen LogP contribution in [0.15, 0.2) is 60.7 Å². The molecule has 0 N–H and O–H groups in total. The van der Waals surface area contributed by atoms with Gasteiger partial charge in [0.1, 0.15) is 6.10 Å². The molecule has 5 heteroatoms. The maximum absolute atomic E-state index is 12.5. The molecule has 0 aliphatic heterocycles. The molecule has 136 valence electrons. The predicted octanol–water partition coefficient (Wildman–Crippen LogP) is 4.47. The molecule has 3 rings (SSSR count). The number of carbonyl (C=O) groups excluding carboxylic acids is 2. The van der Waals surface area contributed by atoms with Crippen LogP contribution >= 0.6 is 11.6 Å². The van der Waals surface area contributed by atoms with E-state index < -0.39 is 24.1 Å². The molecule has 0 spiro atoms. The lowest BCUT2D eigenvalue weighted by atomic mass is 10.0. The first-order valence-electron chi connectivity index (χ1n) is 8.76. The normalized spacial score (nSPS) is 24.8. The Morgan fingerprint density at radius 1 is 0.885 bits per heavy atom. The number of hydrogen-bond donors (Lipinski definition) is 0. The second kappa shape index (κ2) is 8.37. The van der Waals surface area contributed by atoms with Gasteiger partial charge in [-0.25, -0.2) is 9.59 Å². The summed E-state index contributed by atoms with van der Waals surface area (Å²) >= 11 is 6.44. The molecule has 1 aliphatic carbocycles. The summed E-state index contributed by atoms with van der Waals surface area (Å²) in [5, 5.41) is -0.388. The Bertz CT molecular complexity index is 747. The Hall–Kier alpha value is -2.33. The molecular formula is C21H21ClO4. The van der Waals surface area contributed by atoms with Gasteiger partial charge in [-0.05, 0) is 37.1 Å². The summed E-state index contributed by atoms with van der Waals surface area (Å²) in [6.07, 6.45) is 0.206. The lowest BCUT2D eigenvalue weighted by Gasteiger charge is -2.25. The highest BCUT2D eigenvalue weighted by atomic mass is 35.5. The molecule has 2 aromatic carbocycles. The van der Waals surface area contributed by atoms with Crippen LogP contribution in [0.4, 0.5) is 0 Å². The molecule has 4 atom stereocenters. The molecule has 26 heavy (non-hydrogen) atoms. The zero-order valence-electron chi connectivity index (χ0n) is 14.5. The van der Waals surface area contributed by atoms with Crippen LogP contribution in [0, 0.1) is 5.92 Å². The number of ether oxygens (including phenoxy) is 2. The minimum Gasteiger partial charge on any atom is -0.454 e. The maximum Gasteiger partial charge on any atom is 0.338 e. The van der Waals surface area contributed by atoms with Crippen LogP contribution in [0.3, 0.4) is 0 Å². The smallest absolute Gasteiger partial charge is 0.338 e. The van der Waals surface area contributed by atoms with Crippen LogP contribution in [0.2, 0.25) is 0 Å². The van der Waals surface area contributed by atoms with E-state index in [1.165, 1.54) is 0 Å². The highest BCUT2D eigenvalue weighted by molar-refractivity contribution is 6.21. The number of alkyl halides is 1. The number of carbonyl (C=O) groups is 2. The predicted molar refractivity (Wildman–Crippen MR) is 99.3 cm³/mol. The quantitative estimate of drug-likeness (QED) is 0.573. The summed E-state index contributed by atoms with van der Waals surface area (Å²) in [6.45, 7) is 2.01. The molecule has 0 bridgehead atoms. The fraction of sp³-hybridized carbons (Fsp3) is 0.333. The highest BCUT2D eigenvalue weighted by Crippen LogP contribution is 2.37. The van der Waals surface area contributed by atoms with Crippen LogP contribution in [0.5, 0.6) is 0 Å². The van der Waals surface area contributed by atoms with Crippen molar-refractivity contribution in [2.24, 2.45) is 5.92 Å². The monoisotopic (exact) mass is 372 g/mol. The summed E-state index contributed by atoms with van der Waals surface area (Å²) in [7, 11) is 0. The molecule has 2 aromatic rings. The Labute approximate surface area is 158 Å².